The number of nitrogens with one attached hydrogen (secondary N) is 1. The fourth-order valence-electron chi connectivity index (χ4n) is 1.29. The zero-order chi connectivity index (χ0) is 9.38. The number of imidazole rings is 1. The molecule has 3 aromatic rings. The van der Waals surface area contributed by atoms with Gasteiger partial charge in [-0.25, -0.2) is 15.0 Å². The van der Waals surface area contributed by atoms with E-state index in [-0.39, 0.29) is 0 Å². The summed E-state index contributed by atoms with van der Waals surface area (Å²) in [5.74, 6) is 0.786. The van der Waals surface area contributed by atoms with E-state index >= 15 is 0 Å². The standard InChI is InChI=1S/C9H6N4S/c1-2-6-7(10-3-1)13-8(12-6)9-11-4-5-14-9/h1-5H,(H,10,12,13). The third-order valence-electron chi connectivity index (χ3n) is 1.89. The van der Waals surface area contributed by atoms with Crippen molar-refractivity contribution in [2.75, 3.05) is 0 Å². The van der Waals surface area contributed by atoms with Crippen LogP contribution in [0.15, 0.2) is 29.9 Å². The minimum absolute atomic E-state index is 0.734. The SMILES string of the molecule is c1cnc2nc(-c3nccs3)[nH]c2c1. The van der Waals surface area contributed by atoms with Gasteiger partial charge < -0.3 is 4.98 Å². The molecule has 4 nitrogen and oxygen atoms in total. The zero-order valence-electron chi connectivity index (χ0n) is 7.14. The van der Waals surface area contributed by atoms with Gasteiger partial charge in [-0.15, -0.1) is 11.3 Å². The van der Waals surface area contributed by atoms with E-state index in [1.165, 1.54) is 0 Å². The Labute approximate surface area is 83.7 Å². The predicted molar refractivity (Wildman–Crippen MR) is 55.0 cm³/mol. The van der Waals surface area contributed by atoms with Gasteiger partial charge in [0.05, 0.1) is 5.52 Å². The molecule has 0 aliphatic carbocycles. The van der Waals surface area contributed by atoms with E-state index in [2.05, 4.69) is 19.9 Å². The maximum atomic E-state index is 4.34. The maximum absolute atomic E-state index is 4.34. The summed E-state index contributed by atoms with van der Waals surface area (Å²) >= 11 is 1.56. The molecule has 0 atom stereocenters. The summed E-state index contributed by atoms with van der Waals surface area (Å²) in [5, 5.41) is 2.82. The van der Waals surface area contributed by atoms with Gasteiger partial charge in [-0.2, -0.15) is 0 Å². The van der Waals surface area contributed by atoms with Crippen molar-refractivity contribution >= 4 is 22.5 Å². The molecule has 14 heavy (non-hydrogen) atoms. The van der Waals surface area contributed by atoms with Gasteiger partial charge in [0.15, 0.2) is 16.5 Å². The molecule has 5 heteroatoms. The first-order chi connectivity index (χ1) is 6.93. The third kappa shape index (κ3) is 1.10. The number of hydrogen-bond donors (Lipinski definition) is 1. The minimum atomic E-state index is 0.734. The van der Waals surface area contributed by atoms with Crippen molar-refractivity contribution in [3.8, 4) is 10.8 Å². The molecule has 3 rings (SSSR count). The number of fused-ring (bicyclic) bond motifs is 1. The monoisotopic (exact) mass is 202 g/mol. The molecule has 0 saturated carbocycles. The smallest absolute Gasteiger partial charge is 0.178 e. The summed E-state index contributed by atoms with van der Waals surface area (Å²) < 4.78 is 0. The number of aromatic amines is 1. The molecule has 0 amide bonds. The third-order valence-corrected chi connectivity index (χ3v) is 2.67. The van der Waals surface area contributed by atoms with Crippen molar-refractivity contribution in [2.45, 2.75) is 0 Å². The van der Waals surface area contributed by atoms with Crippen LogP contribution in [0.5, 0.6) is 0 Å². The Hall–Kier alpha value is -1.75. The van der Waals surface area contributed by atoms with Gasteiger partial charge in [-0.1, -0.05) is 0 Å². The van der Waals surface area contributed by atoms with Crippen molar-refractivity contribution in [3.05, 3.63) is 29.9 Å². The Kier molecular flexibility index (Phi) is 1.57. The van der Waals surface area contributed by atoms with E-state index in [0.717, 1.165) is 22.0 Å². The van der Waals surface area contributed by atoms with Crippen LogP contribution >= 0.6 is 11.3 Å². The quantitative estimate of drug-likeness (QED) is 0.657. The fraction of sp³-hybridized carbons (Fsp3) is 0. The van der Waals surface area contributed by atoms with Crippen molar-refractivity contribution in [1.82, 2.24) is 19.9 Å². The minimum Gasteiger partial charge on any atom is -0.335 e. The number of nitrogens with zero attached hydrogens (tertiary/aromatic N) is 3. The van der Waals surface area contributed by atoms with Crippen LogP contribution < -0.4 is 0 Å². The summed E-state index contributed by atoms with van der Waals surface area (Å²) in [6.45, 7) is 0. The number of hydrogen-bond acceptors (Lipinski definition) is 4. The highest BCUT2D eigenvalue weighted by Crippen LogP contribution is 2.20. The van der Waals surface area contributed by atoms with Gasteiger partial charge in [0, 0.05) is 17.8 Å². The summed E-state index contributed by atoms with van der Waals surface area (Å²) in [6.07, 6.45) is 3.50. The van der Waals surface area contributed by atoms with E-state index in [4.69, 9.17) is 0 Å². The zero-order valence-corrected chi connectivity index (χ0v) is 7.95. The highest BCUT2D eigenvalue weighted by atomic mass is 32.1. The van der Waals surface area contributed by atoms with Crippen molar-refractivity contribution < 1.29 is 0 Å². The molecular formula is C9H6N4S. The molecule has 0 fully saturated rings. The average molecular weight is 202 g/mol. The topological polar surface area (TPSA) is 54.5 Å². The van der Waals surface area contributed by atoms with Gasteiger partial charge >= 0.3 is 0 Å². The van der Waals surface area contributed by atoms with E-state index in [0.29, 0.717) is 0 Å². The van der Waals surface area contributed by atoms with Gasteiger partial charge in [-0.3, -0.25) is 0 Å². The molecule has 0 unspecified atom stereocenters. The molecular weight excluding hydrogens is 196 g/mol. The van der Waals surface area contributed by atoms with Gasteiger partial charge in [-0.05, 0) is 12.1 Å². The van der Waals surface area contributed by atoms with Crippen molar-refractivity contribution in [2.24, 2.45) is 0 Å². The lowest BCUT2D eigenvalue weighted by atomic mass is 10.4. The molecule has 0 aliphatic heterocycles. The Balaban J connectivity index is 2.24. The second-order valence-electron chi connectivity index (χ2n) is 2.80. The fourth-order valence-corrected chi connectivity index (χ4v) is 1.87. The highest BCUT2D eigenvalue weighted by molar-refractivity contribution is 7.13. The number of H-pyrrole nitrogens is 1. The molecule has 3 aromatic heterocycles. The van der Waals surface area contributed by atoms with Gasteiger partial charge in [0.25, 0.3) is 0 Å². The summed E-state index contributed by atoms with van der Waals surface area (Å²) in [4.78, 5) is 15.8. The Morgan fingerprint density at radius 3 is 3.00 bits per heavy atom. The Morgan fingerprint density at radius 2 is 2.21 bits per heavy atom. The van der Waals surface area contributed by atoms with Crippen LogP contribution in [0.1, 0.15) is 0 Å². The average Bonchev–Trinajstić information content (AvgIpc) is 2.86. The second kappa shape index (κ2) is 2.88. The maximum Gasteiger partial charge on any atom is 0.178 e. The van der Waals surface area contributed by atoms with E-state index < -0.39 is 0 Å². The van der Waals surface area contributed by atoms with Crippen molar-refractivity contribution in [1.29, 1.82) is 0 Å². The van der Waals surface area contributed by atoms with Gasteiger partial charge in [0.1, 0.15) is 0 Å². The number of rotatable bonds is 1. The second-order valence-corrected chi connectivity index (χ2v) is 3.69. The first-order valence-electron chi connectivity index (χ1n) is 4.14. The lowest BCUT2D eigenvalue weighted by Gasteiger charge is -1.84. The molecule has 68 valence electrons. The summed E-state index contributed by atoms with van der Waals surface area (Å²) in [7, 11) is 0. The molecule has 0 spiro atoms. The molecule has 0 saturated heterocycles. The summed E-state index contributed by atoms with van der Waals surface area (Å²) in [6, 6.07) is 3.83. The molecule has 0 aromatic carbocycles. The first-order valence-corrected chi connectivity index (χ1v) is 5.02. The van der Waals surface area contributed by atoms with Gasteiger partial charge in [0.2, 0.25) is 0 Å². The van der Waals surface area contributed by atoms with Crippen LogP contribution in [0.3, 0.4) is 0 Å². The molecule has 1 N–H and O–H groups in total. The number of thiazole rings is 1. The molecule has 3 heterocycles. The van der Waals surface area contributed by atoms with Crippen LogP contribution in [-0.4, -0.2) is 19.9 Å². The van der Waals surface area contributed by atoms with E-state index in [1.54, 1.807) is 23.7 Å². The van der Waals surface area contributed by atoms with Crippen LogP contribution in [0, 0.1) is 0 Å². The Bertz CT molecular complexity index is 522. The van der Waals surface area contributed by atoms with Crippen LogP contribution in [0.4, 0.5) is 0 Å². The number of aromatic nitrogens is 4. The highest BCUT2D eigenvalue weighted by Gasteiger charge is 2.06. The lowest BCUT2D eigenvalue weighted by molar-refractivity contribution is 1.27. The Morgan fingerprint density at radius 1 is 1.21 bits per heavy atom. The normalized spacial score (nSPS) is 10.9. The van der Waals surface area contributed by atoms with Crippen LogP contribution in [-0.2, 0) is 0 Å². The largest absolute Gasteiger partial charge is 0.335 e. The molecule has 0 bridgehead atoms. The number of pyridine rings is 1. The van der Waals surface area contributed by atoms with Crippen LogP contribution in [0.25, 0.3) is 22.0 Å². The molecule has 0 radical (unpaired) electrons. The van der Waals surface area contributed by atoms with E-state index in [1.807, 2.05) is 17.5 Å². The predicted octanol–water partition coefficient (Wildman–Crippen LogP) is 2.08. The summed E-state index contributed by atoms with van der Waals surface area (Å²) in [5.41, 5.74) is 1.68. The molecule has 0 aliphatic rings. The first kappa shape index (κ1) is 7.64. The van der Waals surface area contributed by atoms with E-state index in [9.17, 15) is 0 Å². The lowest BCUT2D eigenvalue weighted by Crippen LogP contribution is -1.76. The van der Waals surface area contributed by atoms with Crippen LogP contribution in [0.2, 0.25) is 0 Å². The van der Waals surface area contributed by atoms with Crippen molar-refractivity contribution in [3.63, 3.8) is 0 Å².